The Labute approximate surface area is 225 Å². The van der Waals surface area contributed by atoms with E-state index in [1.54, 1.807) is 12.7 Å². The largest absolute Gasteiger partial charge is 0.481 e. The van der Waals surface area contributed by atoms with Crippen LogP contribution in [0.4, 0.5) is 0 Å². The van der Waals surface area contributed by atoms with Crippen LogP contribution >= 0.6 is 0 Å². The van der Waals surface area contributed by atoms with Gasteiger partial charge in [-0.2, -0.15) is 0 Å². The fourth-order valence-electron chi connectivity index (χ4n) is 9.45. The molecule has 0 saturated heterocycles. The molecule has 0 bridgehead atoms. The number of fused-ring (bicyclic) bond motifs is 5. The van der Waals surface area contributed by atoms with Gasteiger partial charge >= 0.3 is 0 Å². The van der Waals surface area contributed by atoms with Gasteiger partial charge in [0, 0.05) is 42.0 Å². The van der Waals surface area contributed by atoms with Crippen LogP contribution in [0.15, 0.2) is 65.4 Å². The zero-order valence-corrected chi connectivity index (χ0v) is 22.6. The highest BCUT2D eigenvalue weighted by atomic mass is 16.5. The molecule has 0 unspecified atom stereocenters. The van der Waals surface area contributed by atoms with Crippen LogP contribution in [0.5, 0.6) is 5.88 Å². The van der Waals surface area contributed by atoms with Crippen molar-refractivity contribution < 1.29 is 14.3 Å². The Bertz CT molecular complexity index is 1370. The van der Waals surface area contributed by atoms with Crippen molar-refractivity contribution in [2.75, 3.05) is 7.11 Å². The van der Waals surface area contributed by atoms with E-state index >= 15 is 0 Å². The summed E-state index contributed by atoms with van der Waals surface area (Å²) in [4.78, 5) is 30.2. The Kier molecular flexibility index (Phi) is 5.55. The van der Waals surface area contributed by atoms with Gasteiger partial charge < -0.3 is 4.74 Å². The number of carbonyl (C=O) groups excluding carboxylic acids is 2. The highest BCUT2D eigenvalue weighted by Gasteiger charge is 2.66. The first-order valence-corrected chi connectivity index (χ1v) is 14.5. The van der Waals surface area contributed by atoms with Gasteiger partial charge in [0.15, 0.2) is 5.78 Å². The van der Waals surface area contributed by atoms with Gasteiger partial charge in [0.05, 0.1) is 7.11 Å². The third kappa shape index (κ3) is 3.38. The van der Waals surface area contributed by atoms with Crippen LogP contribution in [0, 0.1) is 22.7 Å². The number of nitrogens with zero attached hydrogens (tertiary/aromatic N) is 1. The number of Topliss-reactive ketones (excluding diaryl/α,β-unsaturated/α-hetero) is 1. The number of hydrogen-bond acceptors (Lipinski definition) is 4. The average molecular weight is 508 g/mol. The van der Waals surface area contributed by atoms with E-state index in [1.165, 1.54) is 23.1 Å². The molecule has 5 atom stereocenters. The number of pyridine rings is 1. The van der Waals surface area contributed by atoms with E-state index in [0.717, 1.165) is 62.5 Å². The van der Waals surface area contributed by atoms with E-state index in [-0.39, 0.29) is 16.6 Å². The van der Waals surface area contributed by atoms with Gasteiger partial charge in [0.25, 0.3) is 0 Å². The second kappa shape index (κ2) is 8.76. The SMILES string of the molecule is COc1ccc(-c2ccc([C@H]3C[C@@]4(C)[C@@H](CC[C@]45CCCC5=O)[C@@H]4CCC5=CC(=O)CCC5=C43)cc2)cn1. The molecule has 0 N–H and O–H groups in total. The molecule has 4 heteroatoms. The first-order valence-electron chi connectivity index (χ1n) is 14.5. The number of allylic oxidation sites excluding steroid dienone is 4. The van der Waals surface area contributed by atoms with Crippen molar-refractivity contribution in [1.82, 2.24) is 4.98 Å². The summed E-state index contributed by atoms with van der Waals surface area (Å²) in [5.74, 6) is 2.85. The van der Waals surface area contributed by atoms with Crippen LogP contribution in [-0.4, -0.2) is 23.7 Å². The Morgan fingerprint density at radius 2 is 1.74 bits per heavy atom. The second-order valence-electron chi connectivity index (χ2n) is 12.6. The molecule has 5 aliphatic rings. The lowest BCUT2D eigenvalue weighted by Crippen LogP contribution is -2.49. The lowest BCUT2D eigenvalue weighted by molar-refractivity contribution is -0.134. The number of aromatic nitrogens is 1. The van der Waals surface area contributed by atoms with Gasteiger partial charge in [0.2, 0.25) is 5.88 Å². The molecule has 1 heterocycles. The minimum absolute atomic E-state index is 0.0459. The second-order valence-corrected chi connectivity index (χ2v) is 12.6. The summed E-state index contributed by atoms with van der Waals surface area (Å²) in [6.07, 6.45) is 13.7. The minimum atomic E-state index is -0.126. The van der Waals surface area contributed by atoms with Gasteiger partial charge in [-0.15, -0.1) is 0 Å². The Morgan fingerprint density at radius 3 is 2.45 bits per heavy atom. The van der Waals surface area contributed by atoms with E-state index in [2.05, 4.69) is 42.2 Å². The van der Waals surface area contributed by atoms with Gasteiger partial charge in [-0.25, -0.2) is 4.98 Å². The molecule has 38 heavy (non-hydrogen) atoms. The summed E-state index contributed by atoms with van der Waals surface area (Å²) < 4.78 is 5.23. The Balaban J connectivity index is 1.33. The fraction of sp³-hybridized carbons (Fsp3) is 0.500. The molecule has 0 radical (unpaired) electrons. The van der Waals surface area contributed by atoms with Crippen molar-refractivity contribution in [3.63, 3.8) is 0 Å². The van der Waals surface area contributed by atoms with Crippen LogP contribution < -0.4 is 4.74 Å². The molecule has 5 aliphatic carbocycles. The topological polar surface area (TPSA) is 56.3 Å². The molecule has 196 valence electrons. The van der Waals surface area contributed by atoms with Crippen molar-refractivity contribution in [1.29, 1.82) is 0 Å². The van der Waals surface area contributed by atoms with Crippen LogP contribution in [0.1, 0.15) is 82.6 Å². The quantitative estimate of drug-likeness (QED) is 0.434. The highest BCUT2D eigenvalue weighted by molar-refractivity contribution is 5.93. The van der Waals surface area contributed by atoms with Crippen molar-refractivity contribution in [2.45, 2.75) is 77.0 Å². The maximum absolute atomic E-state index is 13.5. The fourth-order valence-corrected chi connectivity index (χ4v) is 9.45. The predicted molar refractivity (Wildman–Crippen MR) is 148 cm³/mol. The number of ketones is 2. The summed E-state index contributed by atoms with van der Waals surface area (Å²) in [6, 6.07) is 13.0. The number of methoxy groups -OCH3 is 1. The molecular formula is C34H37NO3. The first-order chi connectivity index (χ1) is 18.4. The lowest BCUT2D eigenvalue weighted by Gasteiger charge is -2.55. The summed E-state index contributed by atoms with van der Waals surface area (Å²) >= 11 is 0. The molecule has 0 amide bonds. The first kappa shape index (κ1) is 24.1. The van der Waals surface area contributed by atoms with Crippen LogP contribution in [0.2, 0.25) is 0 Å². The van der Waals surface area contributed by atoms with Crippen molar-refractivity contribution >= 4 is 11.6 Å². The summed E-state index contributed by atoms with van der Waals surface area (Å²) in [5, 5.41) is 0. The van der Waals surface area contributed by atoms with Crippen LogP contribution in [-0.2, 0) is 9.59 Å². The number of benzene rings is 1. The third-order valence-electron chi connectivity index (χ3n) is 11.2. The summed E-state index contributed by atoms with van der Waals surface area (Å²) in [6.45, 7) is 2.48. The molecule has 1 aromatic carbocycles. The summed E-state index contributed by atoms with van der Waals surface area (Å²) in [5.41, 5.74) is 7.89. The molecule has 0 aliphatic heterocycles. The maximum atomic E-state index is 13.5. The van der Waals surface area contributed by atoms with Crippen molar-refractivity contribution in [3.05, 3.63) is 71.0 Å². The molecule has 2 aromatic rings. The van der Waals surface area contributed by atoms with Crippen LogP contribution in [0.3, 0.4) is 0 Å². The molecule has 3 saturated carbocycles. The zero-order valence-electron chi connectivity index (χ0n) is 22.6. The molecule has 1 spiro atoms. The van der Waals surface area contributed by atoms with Gasteiger partial charge in [-0.05, 0) is 103 Å². The molecule has 7 rings (SSSR count). The number of rotatable bonds is 3. The van der Waals surface area contributed by atoms with Gasteiger partial charge in [-0.1, -0.05) is 36.8 Å². The van der Waals surface area contributed by atoms with E-state index in [1.807, 2.05) is 18.3 Å². The van der Waals surface area contributed by atoms with Gasteiger partial charge in [0.1, 0.15) is 5.78 Å². The van der Waals surface area contributed by atoms with E-state index in [4.69, 9.17) is 4.74 Å². The number of carbonyl (C=O) groups is 2. The standard InChI is InChI=1S/C34H37NO3/c1-33-19-28(22-7-5-21(6-8-22)24-10-14-31(38-2)35-20-24)32-26-13-11-25(36)18-23(26)9-12-27(32)29(33)15-17-34(33)16-3-4-30(34)37/h5-8,10,14,18,20,27-29H,3-4,9,11-13,15-17,19H2,1-2H3/t27-,28+,29-,33-,34-/m0/s1. The van der Waals surface area contributed by atoms with Crippen molar-refractivity contribution in [2.24, 2.45) is 22.7 Å². The maximum Gasteiger partial charge on any atom is 0.212 e. The minimum Gasteiger partial charge on any atom is -0.481 e. The van der Waals surface area contributed by atoms with Crippen LogP contribution in [0.25, 0.3) is 11.1 Å². The Morgan fingerprint density at radius 1 is 0.921 bits per heavy atom. The lowest BCUT2D eigenvalue weighted by atomic mass is 9.48. The summed E-state index contributed by atoms with van der Waals surface area (Å²) in [7, 11) is 1.64. The highest BCUT2D eigenvalue weighted by Crippen LogP contribution is 2.72. The molecule has 3 fully saturated rings. The van der Waals surface area contributed by atoms with Gasteiger partial charge in [-0.3, -0.25) is 9.59 Å². The zero-order chi connectivity index (χ0) is 26.1. The number of ether oxygens (including phenoxy) is 1. The van der Waals surface area contributed by atoms with E-state index in [9.17, 15) is 9.59 Å². The predicted octanol–water partition coefficient (Wildman–Crippen LogP) is 7.40. The van der Waals surface area contributed by atoms with E-state index < -0.39 is 0 Å². The normalized spacial score (nSPS) is 34.2. The smallest absolute Gasteiger partial charge is 0.212 e. The molecule has 1 aromatic heterocycles. The monoisotopic (exact) mass is 507 g/mol. The Hall–Kier alpha value is -3.01. The number of hydrogen-bond donors (Lipinski definition) is 0. The molecule has 4 nitrogen and oxygen atoms in total. The average Bonchev–Trinajstić information content (AvgIpc) is 3.47. The third-order valence-corrected chi connectivity index (χ3v) is 11.2. The van der Waals surface area contributed by atoms with E-state index in [0.29, 0.717) is 35.8 Å². The van der Waals surface area contributed by atoms with Crippen molar-refractivity contribution in [3.8, 4) is 17.0 Å². The molecular weight excluding hydrogens is 470 g/mol.